The number of nitro benzene ring substituents is 1. The number of nitro groups is 1. The van der Waals surface area contributed by atoms with Crippen LogP contribution in [0.4, 0.5) is 11.4 Å². The molecule has 2 rings (SSSR count). The fourth-order valence-electron chi connectivity index (χ4n) is 1.78. The first kappa shape index (κ1) is 17.4. The lowest BCUT2D eigenvalue weighted by atomic mass is 10.3. The number of thiophene rings is 1. The average Bonchev–Trinajstić information content (AvgIpc) is 2.96. The van der Waals surface area contributed by atoms with Crippen LogP contribution in [0.5, 0.6) is 0 Å². The Morgan fingerprint density at radius 2 is 2.17 bits per heavy atom. The highest BCUT2D eigenvalue weighted by Crippen LogP contribution is 2.17. The van der Waals surface area contributed by atoms with Crippen molar-refractivity contribution in [2.75, 3.05) is 11.9 Å². The van der Waals surface area contributed by atoms with Gasteiger partial charge in [0.15, 0.2) is 6.61 Å². The third kappa shape index (κ3) is 5.03. The van der Waals surface area contributed by atoms with Crippen LogP contribution in [-0.2, 0) is 14.3 Å². The molecule has 1 N–H and O–H groups in total. The molecule has 0 bridgehead atoms. The highest BCUT2D eigenvalue weighted by Gasteiger charge is 2.09. The smallest absolute Gasteiger partial charge is 0.331 e. The summed E-state index contributed by atoms with van der Waals surface area (Å²) in [5.74, 6) is -1.22. The molecule has 1 amide bonds. The van der Waals surface area contributed by atoms with Crippen LogP contribution in [-0.4, -0.2) is 23.4 Å². The van der Waals surface area contributed by atoms with Crippen molar-refractivity contribution < 1.29 is 19.2 Å². The van der Waals surface area contributed by atoms with Gasteiger partial charge in [0, 0.05) is 28.8 Å². The normalized spacial score (nSPS) is 10.5. The summed E-state index contributed by atoms with van der Waals surface area (Å²) < 4.78 is 4.82. The van der Waals surface area contributed by atoms with E-state index >= 15 is 0 Å². The summed E-state index contributed by atoms with van der Waals surface area (Å²) >= 11 is 1.49. The van der Waals surface area contributed by atoms with Crippen LogP contribution in [0.25, 0.3) is 6.08 Å². The molecule has 124 valence electrons. The molecule has 0 unspecified atom stereocenters. The van der Waals surface area contributed by atoms with Gasteiger partial charge in [-0.3, -0.25) is 14.9 Å². The maximum Gasteiger partial charge on any atom is 0.331 e. The second-order valence-electron chi connectivity index (χ2n) is 4.76. The summed E-state index contributed by atoms with van der Waals surface area (Å²) in [6, 6.07) is 7.42. The number of ether oxygens (including phenoxy) is 1. The molecule has 0 spiro atoms. The molecular formula is C16H14N2O5S. The van der Waals surface area contributed by atoms with Crippen LogP contribution in [0.1, 0.15) is 10.4 Å². The number of nitrogens with zero attached hydrogens (tertiary/aromatic N) is 1. The van der Waals surface area contributed by atoms with Crippen molar-refractivity contribution in [3.63, 3.8) is 0 Å². The van der Waals surface area contributed by atoms with Crippen molar-refractivity contribution in [3.05, 3.63) is 62.3 Å². The van der Waals surface area contributed by atoms with E-state index in [0.29, 0.717) is 0 Å². The second-order valence-corrected chi connectivity index (χ2v) is 5.71. The lowest BCUT2D eigenvalue weighted by Gasteiger charge is -2.05. The van der Waals surface area contributed by atoms with Gasteiger partial charge in [-0.1, -0.05) is 6.07 Å². The number of benzene rings is 1. The Hall–Kier alpha value is -3.00. The van der Waals surface area contributed by atoms with Crippen LogP contribution in [0, 0.1) is 17.0 Å². The lowest BCUT2D eigenvalue weighted by molar-refractivity contribution is -0.384. The topological polar surface area (TPSA) is 98.5 Å². The van der Waals surface area contributed by atoms with Crippen molar-refractivity contribution in [2.45, 2.75) is 6.92 Å². The summed E-state index contributed by atoms with van der Waals surface area (Å²) in [6.45, 7) is 1.45. The van der Waals surface area contributed by atoms with E-state index in [2.05, 4.69) is 5.32 Å². The summed E-state index contributed by atoms with van der Waals surface area (Å²) in [5, 5.41) is 15.0. The first-order valence-corrected chi connectivity index (χ1v) is 7.77. The van der Waals surface area contributed by atoms with Crippen molar-refractivity contribution in [2.24, 2.45) is 0 Å². The molecule has 0 saturated carbocycles. The van der Waals surface area contributed by atoms with Crippen molar-refractivity contribution in [3.8, 4) is 0 Å². The van der Waals surface area contributed by atoms with Gasteiger partial charge in [0.1, 0.15) is 0 Å². The number of nitrogens with one attached hydrogen (secondary N) is 1. The molecule has 0 atom stereocenters. The number of esters is 1. The Kier molecular flexibility index (Phi) is 5.80. The molecule has 0 aliphatic rings. The molecule has 8 heteroatoms. The zero-order chi connectivity index (χ0) is 17.5. The number of carbonyl (C=O) groups excluding carboxylic acids is 2. The monoisotopic (exact) mass is 346 g/mol. The van der Waals surface area contributed by atoms with E-state index in [4.69, 9.17) is 4.74 Å². The van der Waals surface area contributed by atoms with Crippen molar-refractivity contribution in [1.29, 1.82) is 0 Å². The summed E-state index contributed by atoms with van der Waals surface area (Å²) in [7, 11) is 0. The highest BCUT2D eigenvalue weighted by molar-refractivity contribution is 7.11. The fourth-order valence-corrected chi connectivity index (χ4v) is 2.60. The molecule has 0 fully saturated rings. The van der Waals surface area contributed by atoms with Crippen LogP contribution in [0.3, 0.4) is 0 Å². The third-order valence-electron chi connectivity index (χ3n) is 2.96. The van der Waals surface area contributed by atoms with Gasteiger partial charge in [-0.15, -0.1) is 11.3 Å². The maximum atomic E-state index is 11.7. The zero-order valence-electron chi connectivity index (χ0n) is 12.7. The second kappa shape index (κ2) is 8.02. The number of rotatable bonds is 6. The molecule has 0 aliphatic heterocycles. The third-order valence-corrected chi connectivity index (χ3v) is 3.94. The number of aryl methyl sites for hydroxylation is 1. The van der Waals surface area contributed by atoms with E-state index in [-0.39, 0.29) is 11.4 Å². The van der Waals surface area contributed by atoms with E-state index in [1.165, 1.54) is 41.7 Å². The molecular weight excluding hydrogens is 332 g/mol. The summed E-state index contributed by atoms with van der Waals surface area (Å²) in [6.07, 6.45) is 2.88. The average molecular weight is 346 g/mol. The van der Waals surface area contributed by atoms with Gasteiger partial charge in [0.05, 0.1) is 4.92 Å². The zero-order valence-corrected chi connectivity index (χ0v) is 13.5. The number of amides is 1. The predicted octanol–water partition coefficient (Wildman–Crippen LogP) is 3.16. The number of anilines is 1. The molecule has 24 heavy (non-hydrogen) atoms. The van der Waals surface area contributed by atoms with Crippen molar-refractivity contribution in [1.82, 2.24) is 0 Å². The number of hydrogen-bond donors (Lipinski definition) is 1. The quantitative estimate of drug-likeness (QED) is 0.375. The van der Waals surface area contributed by atoms with Gasteiger partial charge in [-0.05, 0) is 36.1 Å². The van der Waals surface area contributed by atoms with Gasteiger partial charge >= 0.3 is 5.97 Å². The molecule has 0 radical (unpaired) electrons. The molecule has 1 aromatic carbocycles. The van der Waals surface area contributed by atoms with Crippen LogP contribution < -0.4 is 5.32 Å². The van der Waals surface area contributed by atoms with Gasteiger partial charge in [-0.25, -0.2) is 4.79 Å². The molecule has 7 nitrogen and oxygen atoms in total. The Labute approximate surface area is 141 Å². The van der Waals surface area contributed by atoms with Gasteiger partial charge < -0.3 is 10.1 Å². The lowest BCUT2D eigenvalue weighted by Crippen LogP contribution is -2.20. The van der Waals surface area contributed by atoms with Gasteiger partial charge in [0.2, 0.25) is 0 Å². The summed E-state index contributed by atoms with van der Waals surface area (Å²) in [4.78, 5) is 34.3. The first-order chi connectivity index (χ1) is 11.5. The van der Waals surface area contributed by atoms with Crippen LogP contribution in [0.2, 0.25) is 0 Å². The molecule has 2 aromatic rings. The summed E-state index contributed by atoms with van der Waals surface area (Å²) in [5.41, 5.74) is 1.17. The Bertz CT molecular complexity index is 797. The fraction of sp³-hybridized carbons (Fsp3) is 0.125. The number of hydrogen-bond acceptors (Lipinski definition) is 6. The minimum absolute atomic E-state index is 0.140. The number of carbonyl (C=O) groups is 2. The predicted molar refractivity (Wildman–Crippen MR) is 90.8 cm³/mol. The minimum atomic E-state index is -0.642. The largest absolute Gasteiger partial charge is 0.452 e. The number of non-ortho nitro benzene ring substituents is 1. The first-order valence-electron chi connectivity index (χ1n) is 6.89. The Morgan fingerprint density at radius 3 is 2.83 bits per heavy atom. The van der Waals surface area contributed by atoms with E-state index in [1.54, 1.807) is 6.08 Å². The SMILES string of the molecule is Cc1ccsc1/C=C/C(=O)OCC(=O)Nc1cccc([N+](=O)[O-])c1. The standard InChI is InChI=1S/C16H14N2O5S/c1-11-7-8-24-14(11)5-6-16(20)23-10-15(19)17-12-3-2-4-13(9-12)18(21)22/h2-9H,10H2,1H3,(H,17,19)/b6-5+. The Morgan fingerprint density at radius 1 is 1.38 bits per heavy atom. The van der Waals surface area contributed by atoms with E-state index in [9.17, 15) is 19.7 Å². The van der Waals surface area contributed by atoms with Gasteiger partial charge in [0.25, 0.3) is 11.6 Å². The van der Waals surface area contributed by atoms with E-state index in [0.717, 1.165) is 10.4 Å². The minimum Gasteiger partial charge on any atom is -0.452 e. The molecule has 0 aliphatic carbocycles. The Balaban J connectivity index is 1.83. The molecule has 1 aromatic heterocycles. The van der Waals surface area contributed by atoms with Crippen LogP contribution >= 0.6 is 11.3 Å². The maximum absolute atomic E-state index is 11.7. The van der Waals surface area contributed by atoms with Gasteiger partial charge in [-0.2, -0.15) is 0 Å². The van der Waals surface area contributed by atoms with E-state index < -0.39 is 23.4 Å². The molecule has 0 saturated heterocycles. The molecule has 1 heterocycles. The van der Waals surface area contributed by atoms with E-state index in [1.807, 2.05) is 18.4 Å². The van der Waals surface area contributed by atoms with Crippen molar-refractivity contribution >= 4 is 40.7 Å². The highest BCUT2D eigenvalue weighted by atomic mass is 32.1. The van der Waals surface area contributed by atoms with Crippen LogP contribution in [0.15, 0.2) is 41.8 Å².